The number of pyridine rings is 1. The number of rotatable bonds is 15. The Morgan fingerprint density at radius 2 is 1.29 bits per heavy atom. The molecule has 62 heavy (non-hydrogen) atoms. The fourth-order valence-electron chi connectivity index (χ4n) is 5.68. The van der Waals surface area contributed by atoms with Crippen LogP contribution in [0.25, 0.3) is 6.08 Å². The molecule has 9 N–H and O–H groups in total. The average Bonchev–Trinajstić information content (AvgIpc) is 3.24. The van der Waals surface area contributed by atoms with E-state index in [0.717, 1.165) is 13.2 Å². The van der Waals surface area contributed by atoms with Crippen LogP contribution in [0.1, 0.15) is 60.5 Å². The standard InChI is InChI=1S/C43H37N7O12/c1-22(20-23-4-11-27(51)12-5-23)38(54)47-26-10-15-32(45-21-26)41(57)50-33(18-19-44)42(58)46-25-8-6-24(7-9-25)39(55)48-30-16-13-28(34(52)36(30)61-2)40(56)49-31-17-14-29(43(59)60)35(53)37(31)62-3/h4-17,20-21,33,51-53H,18H2,1-3H3,(H,46,58)(H,47,54)(H,48,55)(H,49,56)(H,50,57)(H,59,60)/b22-20+/t33-/m0/s1. The highest BCUT2D eigenvalue weighted by Gasteiger charge is 2.25. The Morgan fingerprint density at radius 3 is 1.85 bits per heavy atom. The number of carboxylic acid groups (broad SMARTS) is 1. The Morgan fingerprint density at radius 1 is 0.710 bits per heavy atom. The fraction of sp³-hybridized carbons (Fsp3) is 0.116. The third-order valence-electron chi connectivity index (χ3n) is 8.86. The summed E-state index contributed by atoms with van der Waals surface area (Å²) in [6, 6.07) is 19.8. The van der Waals surface area contributed by atoms with Gasteiger partial charge in [-0.1, -0.05) is 12.1 Å². The molecule has 0 saturated carbocycles. The SMILES string of the molecule is COc1c(NC(=O)c2ccc(NC(=O)c3ccc(NC(=O)[C@H](CC#N)NC(=O)c4ccc(NC(=O)/C(C)=C/c5ccc(O)cc5)cn4)cc3)c(OC)c2O)ccc(C(=O)O)c1O. The van der Waals surface area contributed by atoms with Gasteiger partial charge in [-0.05, 0) is 91.4 Å². The second-order valence-electron chi connectivity index (χ2n) is 13.1. The molecule has 0 aliphatic rings. The zero-order chi connectivity index (χ0) is 45.1. The molecule has 19 heteroatoms. The van der Waals surface area contributed by atoms with E-state index in [2.05, 4.69) is 31.6 Å². The van der Waals surface area contributed by atoms with E-state index in [9.17, 15) is 54.5 Å². The number of aromatic carboxylic acids is 1. The maximum Gasteiger partial charge on any atom is 0.339 e. The van der Waals surface area contributed by atoms with E-state index in [-0.39, 0.29) is 51.1 Å². The number of nitrogens with zero attached hydrogens (tertiary/aromatic N) is 2. The normalized spacial score (nSPS) is 11.2. The summed E-state index contributed by atoms with van der Waals surface area (Å²) in [7, 11) is 2.34. The summed E-state index contributed by atoms with van der Waals surface area (Å²) >= 11 is 0. The van der Waals surface area contributed by atoms with Gasteiger partial charge in [0.2, 0.25) is 5.91 Å². The van der Waals surface area contributed by atoms with Gasteiger partial charge in [-0.2, -0.15) is 5.26 Å². The van der Waals surface area contributed by atoms with Crippen molar-refractivity contribution >= 4 is 64.3 Å². The Labute approximate surface area is 352 Å². The third-order valence-corrected chi connectivity index (χ3v) is 8.86. The number of ether oxygens (including phenoxy) is 2. The molecular formula is C43H37N7O12. The molecule has 4 aromatic carbocycles. The van der Waals surface area contributed by atoms with Gasteiger partial charge in [0.15, 0.2) is 23.0 Å². The second-order valence-corrected chi connectivity index (χ2v) is 13.1. The van der Waals surface area contributed by atoms with Gasteiger partial charge >= 0.3 is 5.97 Å². The molecule has 0 saturated heterocycles. The van der Waals surface area contributed by atoms with Crippen molar-refractivity contribution in [3.05, 3.63) is 125 Å². The second kappa shape index (κ2) is 19.7. The van der Waals surface area contributed by atoms with Crippen LogP contribution in [0.15, 0.2) is 96.7 Å². The smallest absolute Gasteiger partial charge is 0.339 e. The molecule has 0 bridgehead atoms. The first-order valence-electron chi connectivity index (χ1n) is 18.1. The summed E-state index contributed by atoms with van der Waals surface area (Å²) in [4.78, 5) is 80.5. The number of aromatic hydroxyl groups is 3. The van der Waals surface area contributed by atoms with E-state index in [1.807, 2.05) is 6.07 Å². The van der Waals surface area contributed by atoms with Gasteiger partial charge in [0, 0.05) is 16.8 Å². The minimum Gasteiger partial charge on any atom is -0.508 e. The van der Waals surface area contributed by atoms with Crippen molar-refractivity contribution in [2.75, 3.05) is 35.5 Å². The highest BCUT2D eigenvalue weighted by Crippen LogP contribution is 2.40. The molecule has 0 aliphatic carbocycles. The largest absolute Gasteiger partial charge is 0.508 e. The number of anilines is 4. The number of phenols is 3. The number of phenolic OH excluding ortho intramolecular Hbond substituents is 2. The zero-order valence-electron chi connectivity index (χ0n) is 33.0. The molecule has 5 aromatic rings. The summed E-state index contributed by atoms with van der Waals surface area (Å²) in [5, 5.41) is 61.9. The number of carbonyl (C=O) groups is 6. The molecule has 5 amide bonds. The molecule has 0 fully saturated rings. The number of amides is 5. The van der Waals surface area contributed by atoms with Crippen LogP contribution < -0.4 is 36.1 Å². The first-order chi connectivity index (χ1) is 29.6. The molecule has 0 spiro atoms. The zero-order valence-corrected chi connectivity index (χ0v) is 33.0. The van der Waals surface area contributed by atoms with Gasteiger partial charge in [-0.15, -0.1) is 0 Å². The molecule has 19 nitrogen and oxygen atoms in total. The topological polar surface area (TPSA) is 299 Å². The number of benzene rings is 4. The van der Waals surface area contributed by atoms with Crippen molar-refractivity contribution in [1.82, 2.24) is 10.3 Å². The van der Waals surface area contributed by atoms with Gasteiger partial charge in [0.1, 0.15) is 23.0 Å². The van der Waals surface area contributed by atoms with Gasteiger partial charge in [0.05, 0.1) is 55.5 Å². The molecule has 316 valence electrons. The third kappa shape index (κ3) is 10.6. The maximum absolute atomic E-state index is 13.2. The van der Waals surface area contributed by atoms with Crippen molar-refractivity contribution in [3.8, 4) is 34.8 Å². The van der Waals surface area contributed by atoms with E-state index in [4.69, 9.17) is 9.47 Å². The molecule has 1 aromatic heterocycles. The summed E-state index contributed by atoms with van der Waals surface area (Å²) in [5.41, 5.74) is 0.670. The minimum atomic E-state index is -1.43. The molecule has 0 radical (unpaired) electrons. The van der Waals surface area contributed by atoms with Crippen LogP contribution in [-0.4, -0.2) is 81.2 Å². The highest BCUT2D eigenvalue weighted by atomic mass is 16.5. The highest BCUT2D eigenvalue weighted by molar-refractivity contribution is 6.11. The lowest BCUT2D eigenvalue weighted by molar-refractivity contribution is -0.118. The number of methoxy groups -OCH3 is 2. The van der Waals surface area contributed by atoms with E-state index < -0.39 is 65.0 Å². The lowest BCUT2D eigenvalue weighted by atomic mass is 10.1. The first kappa shape index (κ1) is 44.2. The van der Waals surface area contributed by atoms with Crippen molar-refractivity contribution in [3.63, 3.8) is 0 Å². The van der Waals surface area contributed by atoms with Crippen molar-refractivity contribution < 1.29 is 58.7 Å². The summed E-state index contributed by atoms with van der Waals surface area (Å²) in [5.74, 6) is -6.84. The number of aromatic nitrogens is 1. The average molecular weight is 844 g/mol. The van der Waals surface area contributed by atoms with E-state index in [1.54, 1.807) is 25.1 Å². The van der Waals surface area contributed by atoms with Crippen LogP contribution in [0.5, 0.6) is 28.7 Å². The summed E-state index contributed by atoms with van der Waals surface area (Å²) in [6.45, 7) is 1.60. The fourth-order valence-corrected chi connectivity index (χ4v) is 5.68. The van der Waals surface area contributed by atoms with Gasteiger partial charge < -0.3 is 56.5 Å². The number of carboxylic acids is 1. The quantitative estimate of drug-likeness (QED) is 0.0619. The first-order valence-corrected chi connectivity index (χ1v) is 18.1. The summed E-state index contributed by atoms with van der Waals surface area (Å²) < 4.78 is 10.3. The lowest BCUT2D eigenvalue weighted by Crippen LogP contribution is -2.43. The van der Waals surface area contributed by atoms with Crippen molar-refractivity contribution in [2.24, 2.45) is 0 Å². The number of hydrogen-bond donors (Lipinski definition) is 9. The Balaban J connectivity index is 1.18. The monoisotopic (exact) mass is 843 g/mol. The van der Waals surface area contributed by atoms with Crippen molar-refractivity contribution in [1.29, 1.82) is 5.26 Å². The molecule has 0 aliphatic heterocycles. The number of carbonyl (C=O) groups excluding carboxylic acids is 5. The van der Waals surface area contributed by atoms with Gasteiger partial charge in [0.25, 0.3) is 23.6 Å². The van der Waals surface area contributed by atoms with Gasteiger partial charge in [-0.25, -0.2) is 9.78 Å². The van der Waals surface area contributed by atoms with Crippen LogP contribution in [-0.2, 0) is 9.59 Å². The Kier molecular flexibility index (Phi) is 14.0. The molecule has 1 atom stereocenters. The summed E-state index contributed by atoms with van der Waals surface area (Å²) in [6.07, 6.45) is 2.48. The molecule has 1 heterocycles. The van der Waals surface area contributed by atoms with Crippen LogP contribution in [0.3, 0.4) is 0 Å². The predicted molar refractivity (Wildman–Crippen MR) is 223 cm³/mol. The number of hydrogen-bond acceptors (Lipinski definition) is 13. The van der Waals surface area contributed by atoms with Crippen molar-refractivity contribution in [2.45, 2.75) is 19.4 Å². The molecular weight excluding hydrogens is 807 g/mol. The van der Waals surface area contributed by atoms with E-state index in [1.165, 1.54) is 80.0 Å². The van der Waals surface area contributed by atoms with Crippen LogP contribution >= 0.6 is 0 Å². The van der Waals surface area contributed by atoms with Crippen LogP contribution in [0.4, 0.5) is 22.7 Å². The van der Waals surface area contributed by atoms with E-state index >= 15 is 0 Å². The van der Waals surface area contributed by atoms with Crippen LogP contribution in [0.2, 0.25) is 0 Å². The number of nitrogens with one attached hydrogen (secondary N) is 5. The maximum atomic E-state index is 13.2. The van der Waals surface area contributed by atoms with Crippen LogP contribution in [0, 0.1) is 11.3 Å². The van der Waals surface area contributed by atoms with Gasteiger partial charge in [-0.3, -0.25) is 24.0 Å². The predicted octanol–water partition coefficient (Wildman–Crippen LogP) is 5.11. The minimum absolute atomic E-state index is 0.0249. The number of nitriles is 1. The molecule has 0 unspecified atom stereocenters. The Bertz CT molecular complexity index is 2620. The Hall–Kier alpha value is -8.92. The lowest BCUT2D eigenvalue weighted by Gasteiger charge is -2.17. The van der Waals surface area contributed by atoms with E-state index in [0.29, 0.717) is 16.8 Å². The molecule has 5 rings (SSSR count).